The second kappa shape index (κ2) is 11.4. The minimum absolute atomic E-state index is 0.0121. The molecule has 10 nitrogen and oxygen atoms in total. The monoisotopic (exact) mass is 664 g/mol. The number of rotatable bonds is 7. The lowest BCUT2D eigenvalue weighted by atomic mass is 10.0. The number of benzene rings is 1. The molecule has 3 N–H and O–H groups in total. The van der Waals surface area contributed by atoms with E-state index in [1.807, 2.05) is 6.07 Å². The third kappa shape index (κ3) is 5.33. The Hall–Kier alpha value is -3.77. The standard InChI is InChI=1S/C33H35F3N8O2S/c1-16-13-45-17(2)10-44(16)14-33(5-6-33)15-46-32-41-28-22(31(42-32)43-11-18-3-4-19(12-43)40-18)9-39-27(26(28)36)20-7-23(34)25(35)29-24(20)21(8-37)30(38)47-29/h7,9,16-19,40H,3-6,10-15,38H2,1-2H3/t16-,17+,18?,19?/m0/s1. The Morgan fingerprint density at radius 1 is 1.15 bits per heavy atom. The number of hydrogen-bond acceptors (Lipinski definition) is 11. The summed E-state index contributed by atoms with van der Waals surface area (Å²) in [6.45, 7) is 8.41. The predicted molar refractivity (Wildman–Crippen MR) is 173 cm³/mol. The van der Waals surface area contributed by atoms with Gasteiger partial charge in [-0.3, -0.25) is 9.88 Å². The van der Waals surface area contributed by atoms with Crippen LogP contribution in [0.15, 0.2) is 12.3 Å². The average molecular weight is 665 g/mol. The molecular weight excluding hydrogens is 629 g/mol. The van der Waals surface area contributed by atoms with Gasteiger partial charge in [0, 0.05) is 66.9 Å². The zero-order chi connectivity index (χ0) is 32.6. The van der Waals surface area contributed by atoms with E-state index in [4.69, 9.17) is 20.2 Å². The first-order valence-corrected chi connectivity index (χ1v) is 16.9. The van der Waals surface area contributed by atoms with Crippen LogP contribution in [0.3, 0.4) is 0 Å². The van der Waals surface area contributed by atoms with Crippen molar-refractivity contribution in [2.75, 3.05) is 50.0 Å². The number of pyridine rings is 1. The van der Waals surface area contributed by atoms with Gasteiger partial charge in [0.2, 0.25) is 0 Å². The molecule has 2 bridgehead atoms. The van der Waals surface area contributed by atoms with Crippen molar-refractivity contribution in [1.82, 2.24) is 25.2 Å². The van der Waals surface area contributed by atoms with Crippen LogP contribution in [0.2, 0.25) is 0 Å². The van der Waals surface area contributed by atoms with E-state index in [1.54, 1.807) is 0 Å². The van der Waals surface area contributed by atoms with E-state index >= 15 is 4.39 Å². The molecule has 3 saturated heterocycles. The van der Waals surface area contributed by atoms with Gasteiger partial charge in [0.1, 0.15) is 28.1 Å². The number of ether oxygens (including phenoxy) is 2. The number of fused-ring (bicyclic) bond motifs is 4. The number of nitrogens with zero attached hydrogens (tertiary/aromatic N) is 6. The van der Waals surface area contributed by atoms with Gasteiger partial charge in [0.15, 0.2) is 17.5 Å². The van der Waals surface area contributed by atoms with Crippen LogP contribution >= 0.6 is 11.3 Å². The fourth-order valence-corrected chi connectivity index (χ4v) is 8.35. The maximum Gasteiger partial charge on any atom is 0.319 e. The molecule has 1 aliphatic carbocycles. The Balaban J connectivity index is 1.20. The minimum Gasteiger partial charge on any atom is -0.463 e. The fraction of sp³-hybridized carbons (Fsp3) is 0.515. The highest BCUT2D eigenvalue weighted by molar-refractivity contribution is 7.23. The number of morpholine rings is 1. The Bertz CT molecular complexity index is 1930. The van der Waals surface area contributed by atoms with Gasteiger partial charge in [0.05, 0.1) is 35.0 Å². The van der Waals surface area contributed by atoms with Crippen LogP contribution in [0.5, 0.6) is 6.01 Å². The van der Waals surface area contributed by atoms with Crippen molar-refractivity contribution in [3.63, 3.8) is 0 Å². The number of nitriles is 1. The molecular formula is C33H35F3N8O2S. The van der Waals surface area contributed by atoms with Gasteiger partial charge in [-0.2, -0.15) is 15.2 Å². The summed E-state index contributed by atoms with van der Waals surface area (Å²) in [5.74, 6) is -2.66. The lowest BCUT2D eigenvalue weighted by Gasteiger charge is -2.38. The molecule has 3 aromatic heterocycles. The molecule has 4 aromatic rings. The summed E-state index contributed by atoms with van der Waals surface area (Å²) < 4.78 is 58.4. The van der Waals surface area contributed by atoms with E-state index < -0.39 is 17.5 Å². The van der Waals surface area contributed by atoms with Crippen LogP contribution in [0.4, 0.5) is 24.0 Å². The largest absolute Gasteiger partial charge is 0.463 e. The number of hydrogen-bond donors (Lipinski definition) is 2. The van der Waals surface area contributed by atoms with Crippen LogP contribution in [0.25, 0.3) is 32.2 Å². The Morgan fingerprint density at radius 2 is 1.91 bits per heavy atom. The molecule has 246 valence electrons. The SMILES string of the molecule is C[C@@H]1CN(CC2(COc3nc(N4CC5CCC(C4)N5)c4cnc(-c5cc(F)c(F)c6sc(N)c(C#N)c56)c(F)c4n3)CC2)[C@@H](C)CO1. The first kappa shape index (κ1) is 30.6. The zero-order valence-electron chi connectivity index (χ0n) is 26.2. The molecule has 0 spiro atoms. The summed E-state index contributed by atoms with van der Waals surface area (Å²) >= 11 is 0.741. The lowest BCUT2D eigenvalue weighted by Crippen LogP contribution is -2.51. The van der Waals surface area contributed by atoms with Crippen molar-refractivity contribution in [3.8, 4) is 23.3 Å². The van der Waals surface area contributed by atoms with E-state index in [0.29, 0.717) is 43.5 Å². The van der Waals surface area contributed by atoms with Crippen molar-refractivity contribution in [3.05, 3.63) is 35.3 Å². The molecule has 14 heteroatoms. The molecule has 1 saturated carbocycles. The number of nitrogen functional groups attached to an aromatic ring is 1. The summed E-state index contributed by atoms with van der Waals surface area (Å²) in [7, 11) is 0. The van der Waals surface area contributed by atoms with Crippen LogP contribution < -0.4 is 20.7 Å². The van der Waals surface area contributed by atoms with Crippen molar-refractivity contribution in [1.29, 1.82) is 5.26 Å². The zero-order valence-corrected chi connectivity index (χ0v) is 27.0. The number of nitrogens with two attached hydrogens (primary N) is 1. The Labute approximate surface area is 273 Å². The minimum atomic E-state index is -1.19. The van der Waals surface area contributed by atoms with Gasteiger partial charge in [-0.1, -0.05) is 0 Å². The van der Waals surface area contributed by atoms with Gasteiger partial charge >= 0.3 is 6.01 Å². The highest BCUT2D eigenvalue weighted by atomic mass is 32.1. The van der Waals surface area contributed by atoms with Crippen molar-refractivity contribution in [2.24, 2.45) is 5.41 Å². The number of halogens is 3. The molecule has 4 fully saturated rings. The van der Waals surface area contributed by atoms with Crippen LogP contribution in [0.1, 0.15) is 45.1 Å². The molecule has 6 heterocycles. The van der Waals surface area contributed by atoms with Crippen LogP contribution in [0, 0.1) is 34.2 Å². The summed E-state index contributed by atoms with van der Waals surface area (Å²) in [6, 6.07) is 3.75. The Morgan fingerprint density at radius 3 is 2.64 bits per heavy atom. The van der Waals surface area contributed by atoms with Crippen molar-refractivity contribution in [2.45, 2.75) is 63.8 Å². The molecule has 4 atom stereocenters. The second-order valence-electron chi connectivity index (χ2n) is 13.6. The highest BCUT2D eigenvalue weighted by Crippen LogP contribution is 2.47. The van der Waals surface area contributed by atoms with Crippen LogP contribution in [-0.4, -0.2) is 83.5 Å². The topological polar surface area (TPSA) is 125 Å². The summed E-state index contributed by atoms with van der Waals surface area (Å²) in [6.07, 6.45) is 5.74. The normalized spacial score (nSPS) is 25.4. The summed E-state index contributed by atoms with van der Waals surface area (Å²) in [4.78, 5) is 18.4. The fourth-order valence-electron chi connectivity index (χ4n) is 7.38. The van der Waals surface area contributed by atoms with Crippen molar-refractivity contribution >= 4 is 43.1 Å². The number of thiophene rings is 1. The quantitative estimate of drug-likeness (QED) is 0.279. The second-order valence-corrected chi connectivity index (χ2v) is 14.7. The number of piperazine rings is 1. The third-order valence-corrected chi connectivity index (χ3v) is 11.2. The number of nitrogens with one attached hydrogen (secondary N) is 1. The summed E-state index contributed by atoms with van der Waals surface area (Å²) in [5.41, 5.74) is 5.51. The van der Waals surface area contributed by atoms with E-state index in [-0.39, 0.29) is 67.0 Å². The molecule has 2 unspecified atom stereocenters. The van der Waals surface area contributed by atoms with Gasteiger partial charge in [-0.15, -0.1) is 11.3 Å². The molecule has 4 aliphatic rings. The molecule has 1 aromatic carbocycles. The number of anilines is 2. The average Bonchev–Trinajstić information content (AvgIpc) is 3.62. The molecule has 0 amide bonds. The van der Waals surface area contributed by atoms with Gasteiger partial charge < -0.3 is 25.4 Å². The molecule has 0 radical (unpaired) electrons. The van der Waals surface area contributed by atoms with E-state index in [2.05, 4.69) is 38.9 Å². The van der Waals surface area contributed by atoms with E-state index in [0.717, 1.165) is 56.2 Å². The highest BCUT2D eigenvalue weighted by Gasteiger charge is 2.46. The maximum atomic E-state index is 16.7. The lowest BCUT2D eigenvalue weighted by molar-refractivity contribution is -0.0580. The molecule has 47 heavy (non-hydrogen) atoms. The first-order chi connectivity index (χ1) is 22.6. The van der Waals surface area contributed by atoms with Crippen LogP contribution in [-0.2, 0) is 4.74 Å². The summed E-state index contributed by atoms with van der Waals surface area (Å²) in [5, 5.41) is 13.8. The Kier molecular flexibility index (Phi) is 7.43. The maximum absolute atomic E-state index is 16.7. The van der Waals surface area contributed by atoms with Gasteiger partial charge in [-0.05, 0) is 45.6 Å². The van der Waals surface area contributed by atoms with Crippen molar-refractivity contribution < 1.29 is 22.6 Å². The van der Waals surface area contributed by atoms with Gasteiger partial charge in [0.25, 0.3) is 0 Å². The number of aromatic nitrogens is 3. The molecule has 8 rings (SSSR count). The first-order valence-electron chi connectivity index (χ1n) is 16.1. The molecule has 3 aliphatic heterocycles. The van der Waals surface area contributed by atoms with Gasteiger partial charge in [-0.25, -0.2) is 13.2 Å². The smallest absolute Gasteiger partial charge is 0.319 e. The third-order valence-electron chi connectivity index (χ3n) is 10.2. The van der Waals surface area contributed by atoms with E-state index in [1.165, 1.54) is 6.20 Å². The van der Waals surface area contributed by atoms with E-state index in [9.17, 15) is 14.0 Å². The predicted octanol–water partition coefficient (Wildman–Crippen LogP) is 4.99.